The zero-order valence-electron chi connectivity index (χ0n) is 9.40. The molecule has 2 N–H and O–H groups in total. The lowest BCUT2D eigenvalue weighted by Crippen LogP contribution is -2.50. The van der Waals surface area contributed by atoms with Crippen LogP contribution in [0.4, 0.5) is 0 Å². The second kappa shape index (κ2) is 3.87. The van der Waals surface area contributed by atoms with Gasteiger partial charge in [0.25, 0.3) is 5.91 Å². The minimum atomic E-state index is -0.164. The predicted molar refractivity (Wildman–Crippen MR) is 59.5 cm³/mol. The van der Waals surface area contributed by atoms with Crippen LogP contribution < -0.4 is 5.32 Å². The lowest BCUT2D eigenvalue weighted by atomic mass is 10.2. The first-order valence-electron chi connectivity index (χ1n) is 5.85. The van der Waals surface area contributed by atoms with Crippen molar-refractivity contribution in [1.82, 2.24) is 20.4 Å². The molecular formula is C11H14N4O2. The molecule has 0 bridgehead atoms. The Labute approximate surface area is 98.4 Å². The standard InChI is InChI=1S/C11H14N4O2/c16-10-6-15(4-3-12-10)11(17)9-5-8(13-14-9)7-1-2-7/h5,7H,1-4,6H2,(H,12,16)(H,13,14). The summed E-state index contributed by atoms with van der Waals surface area (Å²) in [7, 11) is 0. The molecule has 0 unspecified atom stereocenters. The second-order valence-electron chi connectivity index (χ2n) is 4.56. The first kappa shape index (κ1) is 10.3. The predicted octanol–water partition coefficient (Wildman–Crippen LogP) is -0.141. The van der Waals surface area contributed by atoms with E-state index < -0.39 is 0 Å². The Hall–Kier alpha value is -1.85. The molecule has 1 saturated heterocycles. The van der Waals surface area contributed by atoms with Gasteiger partial charge in [0.05, 0.1) is 6.54 Å². The summed E-state index contributed by atoms with van der Waals surface area (Å²) in [6, 6.07) is 1.81. The lowest BCUT2D eigenvalue weighted by Gasteiger charge is -2.25. The normalized spacial score (nSPS) is 20.2. The Morgan fingerprint density at radius 2 is 2.29 bits per heavy atom. The van der Waals surface area contributed by atoms with Gasteiger partial charge in [-0.25, -0.2) is 0 Å². The van der Waals surface area contributed by atoms with Gasteiger partial charge in [-0.3, -0.25) is 14.7 Å². The monoisotopic (exact) mass is 234 g/mol. The Kier molecular flexibility index (Phi) is 2.35. The van der Waals surface area contributed by atoms with Crippen LogP contribution in [0, 0.1) is 0 Å². The molecule has 0 atom stereocenters. The van der Waals surface area contributed by atoms with E-state index in [4.69, 9.17) is 0 Å². The minimum absolute atomic E-state index is 0.109. The maximum atomic E-state index is 12.1. The zero-order chi connectivity index (χ0) is 11.8. The van der Waals surface area contributed by atoms with Gasteiger partial charge in [0.2, 0.25) is 5.91 Å². The van der Waals surface area contributed by atoms with Crippen molar-refractivity contribution in [1.29, 1.82) is 0 Å². The largest absolute Gasteiger partial charge is 0.353 e. The fourth-order valence-electron chi connectivity index (χ4n) is 2.02. The molecule has 17 heavy (non-hydrogen) atoms. The fourth-order valence-corrected chi connectivity index (χ4v) is 2.02. The molecule has 2 amide bonds. The summed E-state index contributed by atoms with van der Waals surface area (Å²) < 4.78 is 0. The number of aromatic amines is 1. The smallest absolute Gasteiger partial charge is 0.274 e. The van der Waals surface area contributed by atoms with Crippen molar-refractivity contribution >= 4 is 11.8 Å². The summed E-state index contributed by atoms with van der Waals surface area (Å²) >= 11 is 0. The topological polar surface area (TPSA) is 78.1 Å². The number of aromatic nitrogens is 2. The first-order valence-corrected chi connectivity index (χ1v) is 5.85. The van der Waals surface area contributed by atoms with Crippen LogP contribution in [-0.4, -0.2) is 46.5 Å². The van der Waals surface area contributed by atoms with Crippen LogP contribution in [0.5, 0.6) is 0 Å². The number of piperazine rings is 1. The van der Waals surface area contributed by atoms with Crippen molar-refractivity contribution in [2.75, 3.05) is 19.6 Å². The molecule has 0 aromatic carbocycles. The van der Waals surface area contributed by atoms with Crippen molar-refractivity contribution in [3.05, 3.63) is 17.5 Å². The van der Waals surface area contributed by atoms with Crippen molar-refractivity contribution in [2.24, 2.45) is 0 Å². The van der Waals surface area contributed by atoms with Crippen molar-refractivity contribution in [3.8, 4) is 0 Å². The van der Waals surface area contributed by atoms with Gasteiger partial charge in [-0.1, -0.05) is 0 Å². The molecule has 2 aliphatic rings. The Bertz CT molecular complexity index is 464. The fraction of sp³-hybridized carbons (Fsp3) is 0.545. The highest BCUT2D eigenvalue weighted by Gasteiger charge is 2.28. The molecular weight excluding hydrogens is 220 g/mol. The van der Waals surface area contributed by atoms with E-state index >= 15 is 0 Å². The quantitative estimate of drug-likeness (QED) is 0.747. The molecule has 0 radical (unpaired) electrons. The van der Waals surface area contributed by atoms with Crippen LogP contribution in [0.1, 0.15) is 34.9 Å². The summed E-state index contributed by atoms with van der Waals surface area (Å²) in [4.78, 5) is 24.8. The summed E-state index contributed by atoms with van der Waals surface area (Å²) in [5.41, 5.74) is 1.46. The molecule has 2 heterocycles. The molecule has 1 saturated carbocycles. The van der Waals surface area contributed by atoms with Crippen LogP contribution in [0.3, 0.4) is 0 Å². The van der Waals surface area contributed by atoms with Gasteiger partial charge in [-0.05, 0) is 18.9 Å². The highest BCUT2D eigenvalue weighted by molar-refractivity contribution is 5.95. The molecule has 1 aliphatic carbocycles. The van der Waals surface area contributed by atoms with E-state index in [0.717, 1.165) is 5.69 Å². The summed E-state index contributed by atoms with van der Waals surface area (Å²) in [6.45, 7) is 1.20. The van der Waals surface area contributed by atoms with E-state index in [-0.39, 0.29) is 18.4 Å². The van der Waals surface area contributed by atoms with Gasteiger partial charge in [0, 0.05) is 24.7 Å². The van der Waals surface area contributed by atoms with Crippen molar-refractivity contribution in [3.63, 3.8) is 0 Å². The molecule has 90 valence electrons. The maximum Gasteiger partial charge on any atom is 0.274 e. The van der Waals surface area contributed by atoms with Gasteiger partial charge < -0.3 is 10.2 Å². The highest BCUT2D eigenvalue weighted by atomic mass is 16.2. The van der Waals surface area contributed by atoms with Crippen molar-refractivity contribution in [2.45, 2.75) is 18.8 Å². The molecule has 1 aromatic heterocycles. The molecule has 1 aromatic rings. The number of hydrogen-bond donors (Lipinski definition) is 2. The maximum absolute atomic E-state index is 12.1. The van der Waals surface area contributed by atoms with Crippen LogP contribution in [-0.2, 0) is 4.79 Å². The van der Waals surface area contributed by atoms with E-state index in [2.05, 4.69) is 15.5 Å². The Balaban J connectivity index is 1.73. The second-order valence-corrected chi connectivity index (χ2v) is 4.56. The summed E-state index contributed by atoms with van der Waals surface area (Å²) in [5, 5.41) is 9.62. The van der Waals surface area contributed by atoms with Crippen molar-refractivity contribution < 1.29 is 9.59 Å². The molecule has 2 fully saturated rings. The zero-order valence-corrected chi connectivity index (χ0v) is 9.40. The molecule has 6 heteroatoms. The third-order valence-corrected chi connectivity index (χ3v) is 3.16. The van der Waals surface area contributed by atoms with E-state index in [0.29, 0.717) is 24.7 Å². The van der Waals surface area contributed by atoms with Crippen LogP contribution >= 0.6 is 0 Å². The number of carbonyl (C=O) groups excluding carboxylic acids is 2. The Morgan fingerprint density at radius 3 is 3.00 bits per heavy atom. The first-order chi connectivity index (χ1) is 8.24. The molecule has 1 aliphatic heterocycles. The average Bonchev–Trinajstić information content (AvgIpc) is 3.07. The van der Waals surface area contributed by atoms with Gasteiger partial charge >= 0.3 is 0 Å². The van der Waals surface area contributed by atoms with Crippen LogP contribution in [0.2, 0.25) is 0 Å². The number of carbonyl (C=O) groups is 2. The summed E-state index contributed by atoms with van der Waals surface area (Å²) in [5.74, 6) is 0.277. The van der Waals surface area contributed by atoms with Gasteiger partial charge in [-0.2, -0.15) is 5.10 Å². The molecule has 0 spiro atoms. The van der Waals surface area contributed by atoms with Crippen LogP contribution in [0.25, 0.3) is 0 Å². The Morgan fingerprint density at radius 1 is 1.47 bits per heavy atom. The molecule has 6 nitrogen and oxygen atoms in total. The number of amides is 2. The van der Waals surface area contributed by atoms with E-state index in [9.17, 15) is 9.59 Å². The number of nitrogens with one attached hydrogen (secondary N) is 2. The third-order valence-electron chi connectivity index (χ3n) is 3.16. The number of H-pyrrole nitrogens is 1. The number of hydrogen-bond acceptors (Lipinski definition) is 3. The minimum Gasteiger partial charge on any atom is -0.353 e. The molecule has 3 rings (SSSR count). The van der Waals surface area contributed by atoms with E-state index in [1.165, 1.54) is 17.7 Å². The van der Waals surface area contributed by atoms with Gasteiger partial charge in [0.1, 0.15) is 5.69 Å². The van der Waals surface area contributed by atoms with Crippen LogP contribution in [0.15, 0.2) is 6.07 Å². The van der Waals surface area contributed by atoms with Gasteiger partial charge in [-0.15, -0.1) is 0 Å². The average molecular weight is 234 g/mol. The highest BCUT2D eigenvalue weighted by Crippen LogP contribution is 2.39. The van der Waals surface area contributed by atoms with Gasteiger partial charge in [0.15, 0.2) is 0 Å². The number of nitrogens with zero attached hydrogens (tertiary/aromatic N) is 2. The van der Waals surface area contributed by atoms with E-state index in [1.54, 1.807) is 0 Å². The lowest BCUT2D eigenvalue weighted by molar-refractivity contribution is -0.123. The van der Waals surface area contributed by atoms with E-state index in [1.807, 2.05) is 6.07 Å². The summed E-state index contributed by atoms with van der Waals surface area (Å²) in [6.07, 6.45) is 2.34. The SMILES string of the molecule is O=C1CN(C(=O)c2cc(C3CC3)[nH]n2)CCN1. The number of rotatable bonds is 2. The third kappa shape index (κ3) is 2.02.